The maximum absolute atomic E-state index is 5.60. The third kappa shape index (κ3) is 2.12. The van der Waals surface area contributed by atoms with Gasteiger partial charge in [-0.1, -0.05) is 32.0 Å². The van der Waals surface area contributed by atoms with E-state index in [1.54, 1.807) is 0 Å². The van der Waals surface area contributed by atoms with Crippen molar-refractivity contribution in [2.45, 2.75) is 26.3 Å². The lowest BCUT2D eigenvalue weighted by molar-refractivity contribution is 0.781. The van der Waals surface area contributed by atoms with E-state index in [4.69, 9.17) is 5.73 Å². The first kappa shape index (κ1) is 10.8. The van der Waals surface area contributed by atoms with Crippen LogP contribution in [0.2, 0.25) is 0 Å². The van der Waals surface area contributed by atoms with Gasteiger partial charge in [0.2, 0.25) is 0 Å². The number of rotatable bonds is 3. The Bertz CT molecular complexity index is 473. The number of benzene rings is 1. The second-order valence-corrected chi connectivity index (χ2v) is 4.10. The number of aromatic nitrogens is 3. The third-order valence-corrected chi connectivity index (χ3v) is 2.47. The predicted octanol–water partition coefficient (Wildman–Crippen LogP) is 2.05. The SMILES string of the molecule is CC(C)c1nc(-c2cccc(CN)c2)n[nH]1. The molecule has 4 nitrogen and oxygen atoms in total. The summed E-state index contributed by atoms with van der Waals surface area (Å²) in [5.74, 6) is 2.01. The molecule has 0 fully saturated rings. The lowest BCUT2D eigenvalue weighted by Gasteiger charge is -1.99. The molecule has 0 unspecified atom stereocenters. The molecule has 0 amide bonds. The molecule has 0 saturated carbocycles. The molecular formula is C12H16N4. The summed E-state index contributed by atoms with van der Waals surface area (Å²) in [5.41, 5.74) is 7.70. The van der Waals surface area contributed by atoms with Gasteiger partial charge in [0.25, 0.3) is 0 Å². The minimum Gasteiger partial charge on any atom is -0.326 e. The summed E-state index contributed by atoms with van der Waals surface area (Å²) in [7, 11) is 0. The highest BCUT2D eigenvalue weighted by molar-refractivity contribution is 5.55. The molecule has 2 rings (SSSR count). The number of nitrogens with one attached hydrogen (secondary N) is 1. The zero-order valence-electron chi connectivity index (χ0n) is 9.57. The van der Waals surface area contributed by atoms with Gasteiger partial charge in [0.1, 0.15) is 5.82 Å². The van der Waals surface area contributed by atoms with E-state index in [9.17, 15) is 0 Å². The van der Waals surface area contributed by atoms with Gasteiger partial charge in [-0.05, 0) is 11.6 Å². The van der Waals surface area contributed by atoms with Crippen molar-refractivity contribution in [3.63, 3.8) is 0 Å². The molecule has 1 heterocycles. The molecule has 1 aromatic heterocycles. The molecule has 0 aliphatic carbocycles. The van der Waals surface area contributed by atoms with Crippen molar-refractivity contribution < 1.29 is 0 Å². The molecule has 3 N–H and O–H groups in total. The van der Waals surface area contributed by atoms with E-state index in [1.165, 1.54) is 0 Å². The topological polar surface area (TPSA) is 67.6 Å². The highest BCUT2D eigenvalue weighted by Crippen LogP contribution is 2.18. The molecule has 0 spiro atoms. The quantitative estimate of drug-likeness (QED) is 0.825. The largest absolute Gasteiger partial charge is 0.326 e. The minimum absolute atomic E-state index is 0.360. The molecule has 84 valence electrons. The van der Waals surface area contributed by atoms with Crippen LogP contribution in [-0.2, 0) is 6.54 Å². The van der Waals surface area contributed by atoms with E-state index in [1.807, 2.05) is 24.3 Å². The van der Waals surface area contributed by atoms with E-state index in [2.05, 4.69) is 29.0 Å². The van der Waals surface area contributed by atoms with Gasteiger partial charge in [-0.25, -0.2) is 4.98 Å². The molecule has 16 heavy (non-hydrogen) atoms. The Morgan fingerprint density at radius 3 is 2.81 bits per heavy atom. The van der Waals surface area contributed by atoms with Crippen LogP contribution in [-0.4, -0.2) is 15.2 Å². The summed E-state index contributed by atoms with van der Waals surface area (Å²) in [6.07, 6.45) is 0. The number of H-pyrrole nitrogens is 1. The molecule has 0 saturated heterocycles. The Morgan fingerprint density at radius 1 is 1.38 bits per heavy atom. The molecule has 2 aromatic rings. The van der Waals surface area contributed by atoms with Crippen molar-refractivity contribution in [3.8, 4) is 11.4 Å². The second-order valence-electron chi connectivity index (χ2n) is 4.10. The summed E-state index contributed by atoms with van der Waals surface area (Å²) in [6.45, 7) is 4.70. The first-order valence-corrected chi connectivity index (χ1v) is 5.42. The number of aromatic amines is 1. The number of hydrogen-bond donors (Lipinski definition) is 2. The Balaban J connectivity index is 2.34. The lowest BCUT2D eigenvalue weighted by atomic mass is 10.1. The van der Waals surface area contributed by atoms with Crippen LogP contribution >= 0.6 is 0 Å². The highest BCUT2D eigenvalue weighted by atomic mass is 15.2. The zero-order valence-corrected chi connectivity index (χ0v) is 9.57. The predicted molar refractivity (Wildman–Crippen MR) is 63.8 cm³/mol. The standard InChI is InChI=1S/C12H16N4/c1-8(2)11-14-12(16-15-11)10-5-3-4-9(6-10)7-13/h3-6,8H,7,13H2,1-2H3,(H,14,15,16). The van der Waals surface area contributed by atoms with Gasteiger partial charge in [0.05, 0.1) is 0 Å². The Morgan fingerprint density at radius 2 is 2.19 bits per heavy atom. The first-order valence-electron chi connectivity index (χ1n) is 5.42. The van der Waals surface area contributed by atoms with Crippen molar-refractivity contribution in [1.82, 2.24) is 15.2 Å². The van der Waals surface area contributed by atoms with Crippen LogP contribution in [0, 0.1) is 0 Å². The minimum atomic E-state index is 0.360. The van der Waals surface area contributed by atoms with Crippen LogP contribution in [0.3, 0.4) is 0 Å². The van der Waals surface area contributed by atoms with Crippen LogP contribution in [0.4, 0.5) is 0 Å². The van der Waals surface area contributed by atoms with Crippen LogP contribution in [0.5, 0.6) is 0 Å². The van der Waals surface area contributed by atoms with Crippen LogP contribution in [0.1, 0.15) is 31.2 Å². The van der Waals surface area contributed by atoms with Crippen molar-refractivity contribution in [3.05, 3.63) is 35.7 Å². The fourth-order valence-corrected chi connectivity index (χ4v) is 1.50. The van der Waals surface area contributed by atoms with Gasteiger partial charge in [0, 0.05) is 18.0 Å². The average molecular weight is 216 g/mol. The fraction of sp³-hybridized carbons (Fsp3) is 0.333. The maximum Gasteiger partial charge on any atom is 0.181 e. The Labute approximate surface area is 94.9 Å². The van der Waals surface area contributed by atoms with E-state index >= 15 is 0 Å². The third-order valence-electron chi connectivity index (χ3n) is 2.47. The summed E-state index contributed by atoms with van der Waals surface area (Å²) >= 11 is 0. The fourth-order valence-electron chi connectivity index (χ4n) is 1.50. The van der Waals surface area contributed by atoms with E-state index in [0.717, 1.165) is 22.8 Å². The van der Waals surface area contributed by atoms with Gasteiger partial charge in [-0.3, -0.25) is 5.10 Å². The average Bonchev–Trinajstić information content (AvgIpc) is 2.78. The molecule has 0 radical (unpaired) electrons. The smallest absolute Gasteiger partial charge is 0.181 e. The van der Waals surface area contributed by atoms with Crippen molar-refractivity contribution >= 4 is 0 Å². The first-order chi connectivity index (χ1) is 7.70. The molecule has 0 aliphatic rings. The lowest BCUT2D eigenvalue weighted by Crippen LogP contribution is -1.96. The van der Waals surface area contributed by atoms with Gasteiger partial charge in [0.15, 0.2) is 5.82 Å². The summed E-state index contributed by atoms with van der Waals surface area (Å²) < 4.78 is 0. The number of hydrogen-bond acceptors (Lipinski definition) is 3. The number of nitrogens with zero attached hydrogens (tertiary/aromatic N) is 2. The molecular weight excluding hydrogens is 200 g/mol. The second kappa shape index (κ2) is 4.45. The Hall–Kier alpha value is -1.68. The van der Waals surface area contributed by atoms with Gasteiger partial charge in [-0.2, -0.15) is 5.10 Å². The van der Waals surface area contributed by atoms with Crippen molar-refractivity contribution in [1.29, 1.82) is 0 Å². The van der Waals surface area contributed by atoms with Crippen molar-refractivity contribution in [2.24, 2.45) is 5.73 Å². The van der Waals surface area contributed by atoms with Crippen LogP contribution in [0.15, 0.2) is 24.3 Å². The summed E-state index contributed by atoms with van der Waals surface area (Å²) in [4.78, 5) is 4.45. The normalized spacial score (nSPS) is 11.0. The molecule has 0 bridgehead atoms. The number of nitrogens with two attached hydrogens (primary N) is 1. The van der Waals surface area contributed by atoms with E-state index < -0.39 is 0 Å². The van der Waals surface area contributed by atoms with Crippen LogP contribution < -0.4 is 5.73 Å². The highest BCUT2D eigenvalue weighted by Gasteiger charge is 2.08. The zero-order chi connectivity index (χ0) is 11.5. The maximum atomic E-state index is 5.60. The van der Waals surface area contributed by atoms with Gasteiger partial charge >= 0.3 is 0 Å². The van der Waals surface area contributed by atoms with E-state index in [0.29, 0.717) is 12.5 Å². The monoisotopic (exact) mass is 216 g/mol. The van der Waals surface area contributed by atoms with Gasteiger partial charge in [-0.15, -0.1) is 0 Å². The molecule has 0 aliphatic heterocycles. The van der Waals surface area contributed by atoms with Gasteiger partial charge < -0.3 is 5.73 Å². The molecule has 4 heteroatoms. The Kier molecular flexibility index (Phi) is 3.01. The van der Waals surface area contributed by atoms with Crippen LogP contribution in [0.25, 0.3) is 11.4 Å². The van der Waals surface area contributed by atoms with Crippen molar-refractivity contribution in [2.75, 3.05) is 0 Å². The molecule has 0 atom stereocenters. The summed E-state index contributed by atoms with van der Waals surface area (Å²) in [6, 6.07) is 7.99. The molecule has 1 aromatic carbocycles. The van der Waals surface area contributed by atoms with E-state index in [-0.39, 0.29) is 0 Å². The summed E-state index contributed by atoms with van der Waals surface area (Å²) in [5, 5.41) is 7.15.